The first-order chi connectivity index (χ1) is 8.49. The summed E-state index contributed by atoms with van der Waals surface area (Å²) in [5.74, 6) is -1.18. The molecule has 0 saturated carbocycles. The van der Waals surface area contributed by atoms with E-state index < -0.39 is 18.0 Å². The van der Waals surface area contributed by atoms with Gasteiger partial charge in [-0.1, -0.05) is 0 Å². The SMILES string of the molecule is CCOC(=O)c1cn(C(C)=O)nc1NC(=O)OC. The number of carbonyl (C=O) groups excluding carboxylic acids is 3. The maximum Gasteiger partial charge on any atom is 0.412 e. The highest BCUT2D eigenvalue weighted by molar-refractivity contribution is 5.99. The van der Waals surface area contributed by atoms with E-state index in [4.69, 9.17) is 4.74 Å². The average molecular weight is 255 g/mol. The van der Waals surface area contributed by atoms with Crippen LogP contribution in [0.5, 0.6) is 0 Å². The smallest absolute Gasteiger partial charge is 0.412 e. The van der Waals surface area contributed by atoms with Crippen molar-refractivity contribution in [2.24, 2.45) is 0 Å². The maximum absolute atomic E-state index is 11.6. The molecule has 0 spiro atoms. The van der Waals surface area contributed by atoms with Gasteiger partial charge >= 0.3 is 12.1 Å². The zero-order chi connectivity index (χ0) is 13.7. The van der Waals surface area contributed by atoms with Gasteiger partial charge in [0.05, 0.1) is 19.9 Å². The molecule has 0 aromatic carbocycles. The molecular formula is C10H13N3O5. The van der Waals surface area contributed by atoms with E-state index in [0.29, 0.717) is 0 Å². The van der Waals surface area contributed by atoms with Crippen LogP contribution in [-0.4, -0.2) is 41.5 Å². The van der Waals surface area contributed by atoms with Crippen LogP contribution in [0.25, 0.3) is 0 Å². The van der Waals surface area contributed by atoms with Crippen molar-refractivity contribution in [3.05, 3.63) is 11.8 Å². The molecule has 0 aliphatic rings. The van der Waals surface area contributed by atoms with Crippen LogP contribution in [0.4, 0.5) is 10.6 Å². The van der Waals surface area contributed by atoms with Gasteiger partial charge in [-0.25, -0.2) is 14.3 Å². The lowest BCUT2D eigenvalue weighted by Crippen LogP contribution is -2.15. The third kappa shape index (κ3) is 3.06. The first-order valence-electron chi connectivity index (χ1n) is 5.12. The van der Waals surface area contributed by atoms with Crippen LogP contribution in [0.3, 0.4) is 0 Å². The zero-order valence-corrected chi connectivity index (χ0v) is 10.2. The first-order valence-corrected chi connectivity index (χ1v) is 5.12. The van der Waals surface area contributed by atoms with Crippen molar-refractivity contribution in [2.45, 2.75) is 13.8 Å². The molecule has 0 aliphatic carbocycles. The quantitative estimate of drug-likeness (QED) is 0.805. The Balaban J connectivity index is 3.08. The number of anilines is 1. The Labute approximate surface area is 103 Å². The van der Waals surface area contributed by atoms with E-state index in [1.807, 2.05) is 0 Å². The molecule has 0 saturated heterocycles. The lowest BCUT2D eigenvalue weighted by Gasteiger charge is -2.02. The van der Waals surface area contributed by atoms with Gasteiger partial charge < -0.3 is 9.47 Å². The van der Waals surface area contributed by atoms with Gasteiger partial charge in [-0.2, -0.15) is 0 Å². The fourth-order valence-electron chi connectivity index (χ4n) is 1.13. The van der Waals surface area contributed by atoms with Gasteiger partial charge in [0.25, 0.3) is 0 Å². The molecule has 1 aromatic heterocycles. The molecule has 0 fully saturated rings. The third-order valence-electron chi connectivity index (χ3n) is 1.94. The Morgan fingerprint density at radius 1 is 1.44 bits per heavy atom. The van der Waals surface area contributed by atoms with Crippen molar-refractivity contribution < 1.29 is 23.9 Å². The average Bonchev–Trinajstić information content (AvgIpc) is 2.73. The predicted octanol–water partition coefficient (Wildman–Crippen LogP) is 0.898. The Bertz CT molecular complexity index is 480. The first kappa shape index (κ1) is 13.7. The lowest BCUT2D eigenvalue weighted by atomic mass is 10.3. The van der Waals surface area contributed by atoms with Crippen molar-refractivity contribution in [2.75, 3.05) is 19.0 Å². The Kier molecular flexibility index (Phi) is 4.41. The van der Waals surface area contributed by atoms with Crippen LogP contribution >= 0.6 is 0 Å². The number of carbonyl (C=O) groups is 3. The molecule has 0 unspecified atom stereocenters. The molecule has 1 amide bonds. The van der Waals surface area contributed by atoms with Crippen LogP contribution < -0.4 is 5.32 Å². The van der Waals surface area contributed by atoms with E-state index in [1.165, 1.54) is 20.2 Å². The van der Waals surface area contributed by atoms with Crippen LogP contribution in [0.1, 0.15) is 29.0 Å². The summed E-state index contributed by atoms with van der Waals surface area (Å²) < 4.78 is 10.1. The topological polar surface area (TPSA) is 99.5 Å². The van der Waals surface area contributed by atoms with Crippen molar-refractivity contribution in [3.63, 3.8) is 0 Å². The summed E-state index contributed by atoms with van der Waals surface area (Å²) >= 11 is 0. The Hall–Kier alpha value is -2.38. The molecule has 18 heavy (non-hydrogen) atoms. The molecule has 1 N–H and O–H groups in total. The lowest BCUT2D eigenvalue weighted by molar-refractivity contribution is 0.0527. The minimum absolute atomic E-state index is 0.0162. The third-order valence-corrected chi connectivity index (χ3v) is 1.94. The summed E-state index contributed by atoms with van der Waals surface area (Å²) in [5, 5.41) is 5.98. The van der Waals surface area contributed by atoms with E-state index in [2.05, 4.69) is 15.2 Å². The number of nitrogens with zero attached hydrogens (tertiary/aromatic N) is 2. The molecule has 1 aromatic rings. The molecule has 0 atom stereocenters. The Morgan fingerprint density at radius 3 is 2.61 bits per heavy atom. The van der Waals surface area contributed by atoms with Gasteiger partial charge in [-0.05, 0) is 6.92 Å². The number of nitrogens with one attached hydrogen (secondary N) is 1. The van der Waals surface area contributed by atoms with Crippen molar-refractivity contribution in [1.82, 2.24) is 9.78 Å². The summed E-state index contributed by atoms with van der Waals surface area (Å²) in [6.07, 6.45) is 0.389. The Morgan fingerprint density at radius 2 is 2.11 bits per heavy atom. The van der Waals surface area contributed by atoms with E-state index in [0.717, 1.165) is 4.68 Å². The highest BCUT2D eigenvalue weighted by atomic mass is 16.5. The van der Waals surface area contributed by atoms with Crippen molar-refractivity contribution in [3.8, 4) is 0 Å². The zero-order valence-electron chi connectivity index (χ0n) is 10.2. The van der Waals surface area contributed by atoms with Crippen molar-refractivity contribution in [1.29, 1.82) is 0 Å². The molecule has 1 rings (SSSR count). The normalized spacial score (nSPS) is 9.72. The second-order valence-corrected chi connectivity index (χ2v) is 3.19. The second kappa shape index (κ2) is 5.80. The molecule has 0 aliphatic heterocycles. The van der Waals surface area contributed by atoms with Crippen LogP contribution in [0, 0.1) is 0 Å². The minimum Gasteiger partial charge on any atom is -0.462 e. The summed E-state index contributed by atoms with van der Waals surface area (Å²) in [7, 11) is 1.17. The van der Waals surface area contributed by atoms with Gasteiger partial charge in [0.15, 0.2) is 5.82 Å². The highest BCUT2D eigenvalue weighted by Crippen LogP contribution is 2.14. The van der Waals surface area contributed by atoms with Gasteiger partial charge in [0, 0.05) is 6.92 Å². The monoisotopic (exact) mass is 255 g/mol. The van der Waals surface area contributed by atoms with E-state index >= 15 is 0 Å². The van der Waals surface area contributed by atoms with E-state index in [-0.39, 0.29) is 18.0 Å². The van der Waals surface area contributed by atoms with Gasteiger partial charge in [0.2, 0.25) is 5.91 Å². The molecular weight excluding hydrogens is 242 g/mol. The summed E-state index contributed by atoms with van der Waals surface area (Å²) in [5.41, 5.74) is -0.0162. The number of rotatable bonds is 3. The number of aromatic nitrogens is 2. The van der Waals surface area contributed by atoms with Gasteiger partial charge in [0.1, 0.15) is 5.56 Å². The summed E-state index contributed by atoms with van der Waals surface area (Å²) in [6.45, 7) is 3.08. The second-order valence-electron chi connectivity index (χ2n) is 3.19. The molecule has 0 radical (unpaired) electrons. The largest absolute Gasteiger partial charge is 0.462 e. The fraction of sp³-hybridized carbons (Fsp3) is 0.400. The molecule has 1 heterocycles. The number of esters is 1. The van der Waals surface area contributed by atoms with Crippen LogP contribution in [0.2, 0.25) is 0 Å². The van der Waals surface area contributed by atoms with Gasteiger partial charge in [-0.15, -0.1) is 5.10 Å². The number of hydrogen-bond donors (Lipinski definition) is 1. The number of ether oxygens (including phenoxy) is 2. The molecule has 8 heteroatoms. The number of methoxy groups -OCH3 is 1. The standard InChI is InChI=1S/C10H13N3O5/c1-4-18-9(15)7-5-13(6(2)14)12-8(7)11-10(16)17-3/h5H,4H2,1-3H3,(H,11,12,16). The number of hydrogen-bond acceptors (Lipinski definition) is 6. The highest BCUT2D eigenvalue weighted by Gasteiger charge is 2.20. The summed E-state index contributed by atoms with van der Waals surface area (Å²) in [6, 6.07) is 0. The molecule has 8 nitrogen and oxygen atoms in total. The predicted molar refractivity (Wildman–Crippen MR) is 60.5 cm³/mol. The van der Waals surface area contributed by atoms with Crippen LogP contribution in [-0.2, 0) is 9.47 Å². The molecule has 98 valence electrons. The minimum atomic E-state index is -0.797. The van der Waals surface area contributed by atoms with Crippen LogP contribution in [0.15, 0.2) is 6.20 Å². The van der Waals surface area contributed by atoms with E-state index in [9.17, 15) is 14.4 Å². The molecule has 0 bridgehead atoms. The number of amides is 1. The summed E-state index contributed by atoms with van der Waals surface area (Å²) in [4.78, 5) is 33.8. The van der Waals surface area contributed by atoms with E-state index in [1.54, 1.807) is 6.92 Å². The van der Waals surface area contributed by atoms with Gasteiger partial charge in [-0.3, -0.25) is 10.1 Å². The fourth-order valence-corrected chi connectivity index (χ4v) is 1.13. The maximum atomic E-state index is 11.6. The van der Waals surface area contributed by atoms with Crippen molar-refractivity contribution >= 4 is 23.8 Å².